The third-order valence-electron chi connectivity index (χ3n) is 6.61. The maximum absolute atomic E-state index is 2.36. The van der Waals surface area contributed by atoms with Crippen molar-refractivity contribution in [1.82, 2.24) is 0 Å². The molecule has 0 radical (unpaired) electrons. The van der Waals surface area contributed by atoms with Gasteiger partial charge in [-0.05, 0) is 49.4 Å². The first-order valence-corrected chi connectivity index (χ1v) is 10.3. The van der Waals surface area contributed by atoms with Crippen molar-refractivity contribution in [1.29, 1.82) is 0 Å². The quantitative estimate of drug-likeness (QED) is 0.410. The average molecular weight is 293 g/mol. The molecule has 124 valence electrons. The molecule has 2 aliphatic carbocycles. The van der Waals surface area contributed by atoms with Gasteiger partial charge in [0, 0.05) is 0 Å². The number of hydrogen-bond donors (Lipinski definition) is 0. The first-order chi connectivity index (χ1) is 10.3. The Hall–Kier alpha value is 0. The van der Waals surface area contributed by atoms with Crippen LogP contribution in [-0.2, 0) is 0 Å². The standard InChI is InChI=1S/C21H40/c1-3-5-6-7-9-19-12-16-21(17-13-19)20-14-10-18(8-4-2)11-15-20/h18-21H,3-17H2,1-2H3. The SMILES string of the molecule is CCCCCCC1CCC(C2CCC(CCC)CC2)CC1. The van der Waals surface area contributed by atoms with Crippen molar-refractivity contribution >= 4 is 0 Å². The van der Waals surface area contributed by atoms with E-state index in [2.05, 4.69) is 13.8 Å². The monoisotopic (exact) mass is 292 g/mol. The van der Waals surface area contributed by atoms with Crippen molar-refractivity contribution in [2.45, 2.75) is 110 Å². The van der Waals surface area contributed by atoms with Gasteiger partial charge in [0.1, 0.15) is 0 Å². The number of rotatable bonds is 8. The fraction of sp³-hybridized carbons (Fsp3) is 1.00. The molecule has 0 spiro atoms. The molecule has 0 aromatic carbocycles. The lowest BCUT2D eigenvalue weighted by atomic mass is 9.68. The van der Waals surface area contributed by atoms with Gasteiger partial charge >= 0.3 is 0 Å². The molecule has 0 unspecified atom stereocenters. The van der Waals surface area contributed by atoms with Crippen LogP contribution in [0, 0.1) is 23.7 Å². The normalized spacial score (nSPS) is 34.0. The van der Waals surface area contributed by atoms with E-state index in [0.29, 0.717) is 0 Å². The number of unbranched alkanes of at least 4 members (excludes halogenated alkanes) is 3. The second-order valence-electron chi connectivity index (χ2n) is 8.20. The van der Waals surface area contributed by atoms with E-state index in [9.17, 15) is 0 Å². The first kappa shape index (κ1) is 17.4. The molecule has 0 amide bonds. The van der Waals surface area contributed by atoms with Crippen LogP contribution in [0.1, 0.15) is 110 Å². The van der Waals surface area contributed by atoms with E-state index in [1.807, 2.05) is 0 Å². The summed E-state index contributed by atoms with van der Waals surface area (Å²) in [6.45, 7) is 4.67. The van der Waals surface area contributed by atoms with E-state index in [-0.39, 0.29) is 0 Å². The summed E-state index contributed by atoms with van der Waals surface area (Å²) in [6.07, 6.45) is 22.8. The maximum Gasteiger partial charge on any atom is -0.0386 e. The molecule has 0 N–H and O–H groups in total. The third kappa shape index (κ3) is 5.95. The van der Waals surface area contributed by atoms with Crippen LogP contribution in [0.25, 0.3) is 0 Å². The molecule has 21 heavy (non-hydrogen) atoms. The third-order valence-corrected chi connectivity index (χ3v) is 6.61. The van der Waals surface area contributed by atoms with E-state index < -0.39 is 0 Å². The minimum atomic E-state index is 1.08. The van der Waals surface area contributed by atoms with Crippen molar-refractivity contribution in [2.75, 3.05) is 0 Å². The highest BCUT2D eigenvalue weighted by molar-refractivity contribution is 4.82. The molecule has 0 heterocycles. The molecule has 0 heteroatoms. The molecule has 0 atom stereocenters. The maximum atomic E-state index is 2.36. The molecular weight excluding hydrogens is 252 g/mol. The van der Waals surface area contributed by atoms with Crippen LogP contribution in [-0.4, -0.2) is 0 Å². The van der Waals surface area contributed by atoms with Gasteiger partial charge in [0.25, 0.3) is 0 Å². The highest BCUT2D eigenvalue weighted by Crippen LogP contribution is 2.43. The molecule has 0 aromatic rings. The summed E-state index contributed by atoms with van der Waals surface area (Å²) in [4.78, 5) is 0. The van der Waals surface area contributed by atoms with Crippen LogP contribution in [0.2, 0.25) is 0 Å². The van der Waals surface area contributed by atoms with Gasteiger partial charge in [-0.1, -0.05) is 84.5 Å². The van der Waals surface area contributed by atoms with E-state index in [1.54, 1.807) is 51.4 Å². The van der Waals surface area contributed by atoms with Crippen LogP contribution < -0.4 is 0 Å². The molecule has 0 bridgehead atoms. The topological polar surface area (TPSA) is 0 Å². The fourth-order valence-electron chi connectivity index (χ4n) is 5.16. The first-order valence-electron chi connectivity index (χ1n) is 10.3. The zero-order chi connectivity index (χ0) is 14.9. The van der Waals surface area contributed by atoms with Gasteiger partial charge in [-0.3, -0.25) is 0 Å². The van der Waals surface area contributed by atoms with Crippen molar-refractivity contribution in [2.24, 2.45) is 23.7 Å². The van der Waals surface area contributed by atoms with Gasteiger partial charge in [-0.2, -0.15) is 0 Å². The molecule has 2 fully saturated rings. The molecule has 2 aliphatic rings. The van der Waals surface area contributed by atoms with E-state index in [0.717, 1.165) is 23.7 Å². The Morgan fingerprint density at radius 1 is 0.524 bits per heavy atom. The van der Waals surface area contributed by atoms with Crippen molar-refractivity contribution in [3.8, 4) is 0 Å². The number of hydrogen-bond acceptors (Lipinski definition) is 0. The second-order valence-corrected chi connectivity index (χ2v) is 8.20. The van der Waals surface area contributed by atoms with Gasteiger partial charge < -0.3 is 0 Å². The van der Waals surface area contributed by atoms with Crippen LogP contribution in [0.4, 0.5) is 0 Å². The van der Waals surface area contributed by atoms with Crippen LogP contribution in [0.15, 0.2) is 0 Å². The second kappa shape index (κ2) is 9.90. The van der Waals surface area contributed by atoms with E-state index in [4.69, 9.17) is 0 Å². The Bertz CT molecular complexity index is 241. The molecule has 0 aromatic heterocycles. The predicted molar refractivity (Wildman–Crippen MR) is 94.6 cm³/mol. The van der Waals surface area contributed by atoms with Crippen LogP contribution in [0.5, 0.6) is 0 Å². The smallest absolute Gasteiger partial charge is 0.0386 e. The zero-order valence-corrected chi connectivity index (χ0v) is 14.9. The Kier molecular flexibility index (Phi) is 8.19. The minimum absolute atomic E-state index is 1.08. The molecule has 0 aliphatic heterocycles. The summed E-state index contributed by atoms with van der Waals surface area (Å²) >= 11 is 0. The highest BCUT2D eigenvalue weighted by Gasteiger charge is 2.30. The predicted octanol–water partition coefficient (Wildman–Crippen LogP) is 7.37. The summed E-state index contributed by atoms with van der Waals surface area (Å²) in [5, 5.41) is 0. The van der Waals surface area contributed by atoms with Crippen LogP contribution >= 0.6 is 0 Å². The van der Waals surface area contributed by atoms with E-state index in [1.165, 1.54) is 44.9 Å². The van der Waals surface area contributed by atoms with Gasteiger partial charge in [-0.15, -0.1) is 0 Å². The fourth-order valence-corrected chi connectivity index (χ4v) is 5.16. The van der Waals surface area contributed by atoms with Gasteiger partial charge in [0.05, 0.1) is 0 Å². The van der Waals surface area contributed by atoms with Gasteiger partial charge in [0.15, 0.2) is 0 Å². The van der Waals surface area contributed by atoms with Crippen LogP contribution in [0.3, 0.4) is 0 Å². The van der Waals surface area contributed by atoms with Crippen molar-refractivity contribution in [3.63, 3.8) is 0 Å². The molecular formula is C21H40. The van der Waals surface area contributed by atoms with Crippen molar-refractivity contribution in [3.05, 3.63) is 0 Å². The highest BCUT2D eigenvalue weighted by atomic mass is 14.4. The zero-order valence-electron chi connectivity index (χ0n) is 14.9. The Labute approximate surface area is 134 Å². The molecule has 2 rings (SSSR count). The minimum Gasteiger partial charge on any atom is -0.0654 e. The Morgan fingerprint density at radius 2 is 1.05 bits per heavy atom. The van der Waals surface area contributed by atoms with E-state index >= 15 is 0 Å². The molecule has 2 saturated carbocycles. The summed E-state index contributed by atoms with van der Waals surface area (Å²) in [6, 6.07) is 0. The Morgan fingerprint density at radius 3 is 1.52 bits per heavy atom. The summed E-state index contributed by atoms with van der Waals surface area (Å²) in [5.41, 5.74) is 0. The van der Waals surface area contributed by atoms with Gasteiger partial charge in [0.2, 0.25) is 0 Å². The summed E-state index contributed by atoms with van der Waals surface area (Å²) in [5.74, 6) is 4.40. The Balaban J connectivity index is 1.59. The molecule has 0 nitrogen and oxygen atoms in total. The lowest BCUT2D eigenvalue weighted by Crippen LogP contribution is -2.25. The largest absolute Gasteiger partial charge is 0.0654 e. The summed E-state index contributed by atoms with van der Waals surface area (Å²) < 4.78 is 0. The van der Waals surface area contributed by atoms with Crippen molar-refractivity contribution < 1.29 is 0 Å². The average Bonchev–Trinajstić information content (AvgIpc) is 2.53. The van der Waals surface area contributed by atoms with Gasteiger partial charge in [-0.25, -0.2) is 0 Å². The molecule has 0 saturated heterocycles. The summed E-state index contributed by atoms with van der Waals surface area (Å²) in [7, 11) is 0. The lowest BCUT2D eigenvalue weighted by molar-refractivity contribution is 0.140. The lowest BCUT2D eigenvalue weighted by Gasteiger charge is -2.38.